The highest BCUT2D eigenvalue weighted by molar-refractivity contribution is 7.80. The van der Waals surface area contributed by atoms with Gasteiger partial charge in [-0.3, -0.25) is 4.79 Å². The van der Waals surface area contributed by atoms with E-state index >= 15 is 0 Å². The molecule has 0 saturated carbocycles. The zero-order valence-corrected chi connectivity index (χ0v) is 11.8. The number of carbonyl (C=O) groups is 1. The molecule has 0 unspecified atom stereocenters. The number of ether oxygens (including phenoxy) is 1. The number of carbonyl (C=O) groups excluding carboxylic acids is 1. The number of nitrogens with two attached hydrogens (primary N) is 1. The van der Waals surface area contributed by atoms with Crippen molar-refractivity contribution in [1.82, 2.24) is 0 Å². The highest BCUT2D eigenvalue weighted by atomic mass is 32.1. The lowest BCUT2D eigenvalue weighted by Crippen LogP contribution is -2.20. The fourth-order valence-corrected chi connectivity index (χ4v) is 1.76. The summed E-state index contributed by atoms with van der Waals surface area (Å²) in [4.78, 5) is 12.0. The highest BCUT2D eigenvalue weighted by Crippen LogP contribution is 2.13. The van der Waals surface area contributed by atoms with E-state index in [0.717, 1.165) is 5.56 Å². The van der Waals surface area contributed by atoms with Crippen molar-refractivity contribution in [1.29, 1.82) is 0 Å². The van der Waals surface area contributed by atoms with Gasteiger partial charge in [0.05, 0.1) is 0 Å². The Morgan fingerprint density at radius 3 is 2.57 bits per heavy atom. The largest absolute Gasteiger partial charge is 0.484 e. The molecule has 2 aromatic carbocycles. The molecule has 0 spiro atoms. The van der Waals surface area contributed by atoms with Crippen molar-refractivity contribution in [2.75, 3.05) is 11.9 Å². The smallest absolute Gasteiger partial charge is 0.262 e. The number of rotatable bonds is 5. The van der Waals surface area contributed by atoms with Crippen LogP contribution in [0.15, 0.2) is 48.5 Å². The predicted octanol–water partition coefficient (Wildman–Crippen LogP) is 2.48. The summed E-state index contributed by atoms with van der Waals surface area (Å²) in [6.45, 7) is -0.178. The first kappa shape index (κ1) is 14.9. The molecule has 0 atom stereocenters. The standard InChI is InChI=1S/C15H13FN2O2S/c16-11-2-1-3-12(8-11)18-14(19)9-20-13-6-4-10(5-7-13)15(17)21/h1-8H,9H2,(H2,17,21)(H,18,19). The average Bonchev–Trinajstić information content (AvgIpc) is 2.45. The molecule has 6 heteroatoms. The Bertz CT molecular complexity index is 659. The lowest BCUT2D eigenvalue weighted by Gasteiger charge is -2.08. The summed E-state index contributed by atoms with van der Waals surface area (Å²) in [5, 5.41) is 2.54. The summed E-state index contributed by atoms with van der Waals surface area (Å²) in [7, 11) is 0. The number of thiocarbonyl (C=S) groups is 1. The molecule has 0 radical (unpaired) electrons. The van der Waals surface area contributed by atoms with Gasteiger partial charge in [-0.2, -0.15) is 0 Å². The van der Waals surface area contributed by atoms with Crippen molar-refractivity contribution in [3.8, 4) is 5.75 Å². The first-order valence-electron chi connectivity index (χ1n) is 6.12. The maximum atomic E-state index is 13.0. The summed E-state index contributed by atoms with van der Waals surface area (Å²) < 4.78 is 18.3. The van der Waals surface area contributed by atoms with Gasteiger partial charge in [0.15, 0.2) is 6.61 Å². The Morgan fingerprint density at radius 1 is 1.24 bits per heavy atom. The predicted molar refractivity (Wildman–Crippen MR) is 82.9 cm³/mol. The van der Waals surface area contributed by atoms with Crippen molar-refractivity contribution >= 4 is 28.8 Å². The molecule has 108 valence electrons. The van der Waals surface area contributed by atoms with Crippen molar-refractivity contribution in [2.24, 2.45) is 5.73 Å². The average molecular weight is 304 g/mol. The Labute approximate surface area is 126 Å². The first-order chi connectivity index (χ1) is 10.0. The van der Waals surface area contributed by atoms with E-state index in [-0.39, 0.29) is 12.5 Å². The molecule has 2 aromatic rings. The summed E-state index contributed by atoms with van der Waals surface area (Å²) in [6, 6.07) is 12.4. The van der Waals surface area contributed by atoms with Gasteiger partial charge >= 0.3 is 0 Å². The van der Waals surface area contributed by atoms with Crippen LogP contribution in [0.5, 0.6) is 5.75 Å². The third kappa shape index (κ3) is 4.54. The van der Waals surface area contributed by atoms with Gasteiger partial charge in [0.1, 0.15) is 16.6 Å². The molecule has 0 heterocycles. The lowest BCUT2D eigenvalue weighted by atomic mass is 10.2. The summed E-state index contributed by atoms with van der Waals surface area (Å²) in [5.41, 5.74) is 6.59. The lowest BCUT2D eigenvalue weighted by molar-refractivity contribution is -0.118. The van der Waals surface area contributed by atoms with Gasteiger partial charge in [-0.25, -0.2) is 4.39 Å². The van der Waals surface area contributed by atoms with Crippen LogP contribution in [0.25, 0.3) is 0 Å². The van der Waals surface area contributed by atoms with Crippen LogP contribution >= 0.6 is 12.2 Å². The van der Waals surface area contributed by atoms with Crippen LogP contribution in [0.2, 0.25) is 0 Å². The Hall–Kier alpha value is -2.47. The van der Waals surface area contributed by atoms with E-state index < -0.39 is 5.82 Å². The van der Waals surface area contributed by atoms with Gasteiger partial charge < -0.3 is 15.8 Å². The number of benzene rings is 2. The molecule has 1 amide bonds. The van der Waals surface area contributed by atoms with Crippen molar-refractivity contribution in [3.63, 3.8) is 0 Å². The normalized spacial score (nSPS) is 9.95. The number of nitrogens with one attached hydrogen (secondary N) is 1. The maximum Gasteiger partial charge on any atom is 0.262 e. The molecule has 0 bridgehead atoms. The summed E-state index contributed by atoms with van der Waals surface area (Å²) in [6.07, 6.45) is 0. The van der Waals surface area contributed by atoms with Crippen LogP contribution in [0.4, 0.5) is 10.1 Å². The monoisotopic (exact) mass is 304 g/mol. The van der Waals surface area contributed by atoms with Crippen LogP contribution in [0, 0.1) is 5.82 Å². The third-order valence-corrected chi connectivity index (χ3v) is 2.85. The van der Waals surface area contributed by atoms with E-state index in [1.807, 2.05) is 0 Å². The Balaban J connectivity index is 1.87. The molecule has 0 aliphatic carbocycles. The SMILES string of the molecule is NC(=S)c1ccc(OCC(=O)Nc2cccc(F)c2)cc1. The number of anilines is 1. The van der Waals surface area contributed by atoms with Crippen molar-refractivity contribution < 1.29 is 13.9 Å². The molecular weight excluding hydrogens is 291 g/mol. The molecule has 0 fully saturated rings. The zero-order valence-electron chi connectivity index (χ0n) is 11.0. The topological polar surface area (TPSA) is 64.3 Å². The van der Waals surface area contributed by atoms with Crippen molar-refractivity contribution in [2.45, 2.75) is 0 Å². The van der Waals surface area contributed by atoms with Gasteiger partial charge in [0.2, 0.25) is 0 Å². The van der Waals surface area contributed by atoms with E-state index in [0.29, 0.717) is 16.4 Å². The second-order valence-corrected chi connectivity index (χ2v) is 4.68. The third-order valence-electron chi connectivity index (χ3n) is 2.62. The number of hydrogen-bond acceptors (Lipinski definition) is 3. The first-order valence-corrected chi connectivity index (χ1v) is 6.53. The molecule has 0 aliphatic heterocycles. The minimum Gasteiger partial charge on any atom is -0.484 e. The molecular formula is C15H13FN2O2S. The summed E-state index contributed by atoms with van der Waals surface area (Å²) in [5.74, 6) is -0.273. The van der Waals surface area contributed by atoms with Crippen LogP contribution in [-0.2, 0) is 4.79 Å². The molecule has 3 N–H and O–H groups in total. The van der Waals surface area contributed by atoms with Gasteiger partial charge in [0, 0.05) is 11.3 Å². The van der Waals surface area contributed by atoms with Crippen LogP contribution < -0.4 is 15.8 Å². The number of halogens is 1. The Morgan fingerprint density at radius 2 is 1.95 bits per heavy atom. The van der Waals surface area contributed by atoms with Crippen molar-refractivity contribution in [3.05, 3.63) is 59.9 Å². The van der Waals surface area contributed by atoms with Crippen LogP contribution in [-0.4, -0.2) is 17.5 Å². The van der Waals surface area contributed by atoms with Gasteiger partial charge in [-0.1, -0.05) is 18.3 Å². The number of hydrogen-bond donors (Lipinski definition) is 2. The molecule has 0 aliphatic rings. The summed E-state index contributed by atoms with van der Waals surface area (Å²) >= 11 is 4.84. The minimum atomic E-state index is -0.415. The molecule has 0 saturated heterocycles. The molecule has 21 heavy (non-hydrogen) atoms. The van der Waals surface area contributed by atoms with E-state index in [9.17, 15) is 9.18 Å². The molecule has 2 rings (SSSR count). The maximum absolute atomic E-state index is 13.0. The highest BCUT2D eigenvalue weighted by Gasteiger charge is 2.05. The fraction of sp³-hybridized carbons (Fsp3) is 0.0667. The van der Waals surface area contributed by atoms with E-state index in [4.69, 9.17) is 22.7 Å². The van der Waals surface area contributed by atoms with Crippen LogP contribution in [0.1, 0.15) is 5.56 Å². The van der Waals surface area contributed by atoms with Gasteiger partial charge in [-0.15, -0.1) is 0 Å². The Kier molecular flexibility index (Phi) is 4.84. The molecule has 4 nitrogen and oxygen atoms in total. The second kappa shape index (κ2) is 6.81. The quantitative estimate of drug-likeness (QED) is 0.833. The van der Waals surface area contributed by atoms with Crippen LogP contribution in [0.3, 0.4) is 0 Å². The van der Waals surface area contributed by atoms with E-state index in [1.54, 1.807) is 30.3 Å². The fourth-order valence-electron chi connectivity index (χ4n) is 1.63. The van der Waals surface area contributed by atoms with E-state index in [2.05, 4.69) is 5.32 Å². The van der Waals surface area contributed by atoms with Gasteiger partial charge in [0.25, 0.3) is 5.91 Å². The van der Waals surface area contributed by atoms with E-state index in [1.165, 1.54) is 18.2 Å². The van der Waals surface area contributed by atoms with Gasteiger partial charge in [-0.05, 0) is 42.5 Å². The molecule has 0 aromatic heterocycles. The second-order valence-electron chi connectivity index (χ2n) is 4.24. The number of amides is 1. The minimum absolute atomic E-state index is 0.178. The zero-order chi connectivity index (χ0) is 15.2.